The van der Waals surface area contributed by atoms with Gasteiger partial charge in [0.25, 0.3) is 0 Å². The fourth-order valence-electron chi connectivity index (χ4n) is 2.45. The summed E-state index contributed by atoms with van der Waals surface area (Å²) in [4.78, 5) is 12.0. The van der Waals surface area contributed by atoms with E-state index in [2.05, 4.69) is 17.6 Å². The molecule has 0 aromatic heterocycles. The zero-order chi connectivity index (χ0) is 19.0. The van der Waals surface area contributed by atoms with Gasteiger partial charge in [-0.05, 0) is 54.8 Å². The third-order valence-electron chi connectivity index (χ3n) is 4.02. The molecule has 0 heterocycles. The molecule has 0 aliphatic rings. The van der Waals surface area contributed by atoms with Crippen molar-refractivity contribution < 1.29 is 13.2 Å². The number of rotatable bonds is 9. The first kappa shape index (κ1) is 20.1. The van der Waals surface area contributed by atoms with E-state index < -0.39 is 10.0 Å². The van der Waals surface area contributed by atoms with E-state index in [1.54, 1.807) is 12.1 Å². The lowest BCUT2D eigenvalue weighted by atomic mass is 10.1. The number of nitrogens with two attached hydrogens (primary N) is 1. The molecule has 0 radical (unpaired) electrons. The van der Waals surface area contributed by atoms with Gasteiger partial charge in [-0.15, -0.1) is 0 Å². The van der Waals surface area contributed by atoms with Gasteiger partial charge in [-0.2, -0.15) is 0 Å². The van der Waals surface area contributed by atoms with Gasteiger partial charge in [-0.25, -0.2) is 13.6 Å². The van der Waals surface area contributed by atoms with Crippen LogP contribution in [0, 0.1) is 0 Å². The van der Waals surface area contributed by atoms with Crippen LogP contribution in [0.5, 0.6) is 0 Å². The number of hydrogen-bond acceptors (Lipinski definition) is 4. The van der Waals surface area contributed by atoms with Crippen molar-refractivity contribution in [1.82, 2.24) is 5.32 Å². The second-order valence-electron chi connectivity index (χ2n) is 6.04. The van der Waals surface area contributed by atoms with E-state index in [0.717, 1.165) is 24.1 Å². The number of anilines is 1. The highest BCUT2D eigenvalue weighted by Crippen LogP contribution is 2.10. The molecule has 0 fully saturated rings. The molecule has 0 aliphatic heterocycles. The topological polar surface area (TPSA) is 101 Å². The number of primary sulfonamides is 1. The van der Waals surface area contributed by atoms with E-state index in [-0.39, 0.29) is 10.8 Å². The molecule has 26 heavy (non-hydrogen) atoms. The third-order valence-corrected chi connectivity index (χ3v) is 4.95. The Kier molecular flexibility index (Phi) is 7.32. The third kappa shape index (κ3) is 6.59. The summed E-state index contributed by atoms with van der Waals surface area (Å²) in [7, 11) is -3.65. The fraction of sp³-hybridized carbons (Fsp3) is 0.316. The number of amides is 1. The summed E-state index contributed by atoms with van der Waals surface area (Å²) in [6, 6.07) is 14.3. The predicted molar refractivity (Wildman–Crippen MR) is 103 cm³/mol. The Bertz CT molecular complexity index is 816. The minimum atomic E-state index is -3.65. The van der Waals surface area contributed by atoms with Crippen molar-refractivity contribution in [3.05, 3.63) is 59.7 Å². The highest BCUT2D eigenvalue weighted by atomic mass is 32.2. The summed E-state index contributed by atoms with van der Waals surface area (Å²) < 4.78 is 22.4. The van der Waals surface area contributed by atoms with Crippen molar-refractivity contribution in [2.45, 2.75) is 31.1 Å². The van der Waals surface area contributed by atoms with E-state index in [9.17, 15) is 13.2 Å². The Hall–Kier alpha value is -2.22. The van der Waals surface area contributed by atoms with Crippen molar-refractivity contribution >= 4 is 21.6 Å². The molecule has 0 spiro atoms. The van der Waals surface area contributed by atoms with Crippen molar-refractivity contribution in [1.29, 1.82) is 0 Å². The number of carbonyl (C=O) groups excluding carboxylic acids is 1. The molecule has 2 aromatic rings. The molecule has 7 heteroatoms. The largest absolute Gasteiger partial charge is 0.326 e. The van der Waals surface area contributed by atoms with Gasteiger partial charge in [0.05, 0.1) is 4.90 Å². The second kappa shape index (κ2) is 9.47. The molecule has 4 N–H and O–H groups in total. The molecule has 0 atom stereocenters. The highest BCUT2D eigenvalue weighted by molar-refractivity contribution is 7.89. The average molecular weight is 375 g/mol. The van der Waals surface area contributed by atoms with Gasteiger partial charge >= 0.3 is 0 Å². The number of carbonyl (C=O) groups is 1. The van der Waals surface area contributed by atoms with Crippen molar-refractivity contribution in [3.8, 4) is 0 Å². The SMILES string of the molecule is CCc1ccc(NC(=O)CCNCCc2ccc(S(N)(=O)=O)cc2)cc1. The normalized spacial score (nSPS) is 11.3. The Balaban J connectivity index is 1.66. The molecule has 2 rings (SSSR count). The summed E-state index contributed by atoms with van der Waals surface area (Å²) in [5, 5.41) is 11.2. The zero-order valence-corrected chi connectivity index (χ0v) is 15.7. The van der Waals surface area contributed by atoms with Crippen LogP contribution < -0.4 is 15.8 Å². The number of benzene rings is 2. The molecule has 140 valence electrons. The maximum absolute atomic E-state index is 11.9. The molecule has 6 nitrogen and oxygen atoms in total. The van der Waals surface area contributed by atoms with Crippen LogP contribution in [-0.2, 0) is 27.7 Å². The molecule has 1 amide bonds. The minimum absolute atomic E-state index is 0.0285. The Morgan fingerprint density at radius 3 is 2.15 bits per heavy atom. The number of aryl methyl sites for hydroxylation is 1. The van der Waals surface area contributed by atoms with E-state index in [0.29, 0.717) is 19.5 Å². The van der Waals surface area contributed by atoms with Gasteiger partial charge in [0.2, 0.25) is 15.9 Å². The minimum Gasteiger partial charge on any atom is -0.326 e. The quantitative estimate of drug-likeness (QED) is 0.584. The molecule has 0 unspecified atom stereocenters. The number of hydrogen-bond donors (Lipinski definition) is 3. The molecule has 0 aliphatic carbocycles. The van der Waals surface area contributed by atoms with Crippen LogP contribution >= 0.6 is 0 Å². The number of nitrogens with one attached hydrogen (secondary N) is 2. The van der Waals surface area contributed by atoms with E-state index in [1.165, 1.54) is 17.7 Å². The number of sulfonamides is 1. The lowest BCUT2D eigenvalue weighted by molar-refractivity contribution is -0.116. The molecule has 0 bridgehead atoms. The maximum atomic E-state index is 11.9. The molecule has 0 saturated heterocycles. The first-order chi connectivity index (χ1) is 12.4. The van der Waals surface area contributed by atoms with Crippen molar-refractivity contribution in [3.63, 3.8) is 0 Å². The monoisotopic (exact) mass is 375 g/mol. The van der Waals surface area contributed by atoms with Crippen LogP contribution in [0.3, 0.4) is 0 Å². The van der Waals surface area contributed by atoms with Gasteiger partial charge < -0.3 is 10.6 Å². The highest BCUT2D eigenvalue weighted by Gasteiger charge is 2.06. The fourth-order valence-corrected chi connectivity index (χ4v) is 2.97. The Morgan fingerprint density at radius 2 is 1.58 bits per heavy atom. The van der Waals surface area contributed by atoms with E-state index in [4.69, 9.17) is 5.14 Å². The summed E-state index contributed by atoms with van der Waals surface area (Å²) >= 11 is 0. The summed E-state index contributed by atoms with van der Waals surface area (Å²) in [6.07, 6.45) is 2.10. The second-order valence-corrected chi connectivity index (χ2v) is 7.60. The predicted octanol–water partition coefficient (Wildman–Crippen LogP) is 2.06. The van der Waals surface area contributed by atoms with Crippen LogP contribution in [0.4, 0.5) is 5.69 Å². The summed E-state index contributed by atoms with van der Waals surface area (Å²) in [5.41, 5.74) is 3.05. The summed E-state index contributed by atoms with van der Waals surface area (Å²) in [5.74, 6) is -0.0285. The first-order valence-corrected chi connectivity index (χ1v) is 10.1. The molecular formula is C19H25N3O3S. The maximum Gasteiger partial charge on any atom is 0.238 e. The van der Waals surface area contributed by atoms with Gasteiger partial charge in [-0.1, -0.05) is 31.2 Å². The van der Waals surface area contributed by atoms with Crippen LogP contribution in [0.25, 0.3) is 0 Å². The molecule has 0 saturated carbocycles. The van der Waals surface area contributed by atoms with Crippen molar-refractivity contribution in [2.75, 3.05) is 18.4 Å². The Morgan fingerprint density at radius 1 is 0.962 bits per heavy atom. The van der Waals surface area contributed by atoms with Crippen molar-refractivity contribution in [2.24, 2.45) is 5.14 Å². The average Bonchev–Trinajstić information content (AvgIpc) is 2.62. The van der Waals surface area contributed by atoms with Crippen LogP contribution in [0.1, 0.15) is 24.5 Å². The lowest BCUT2D eigenvalue weighted by Crippen LogP contribution is -2.23. The summed E-state index contributed by atoms with van der Waals surface area (Å²) in [6.45, 7) is 3.37. The van der Waals surface area contributed by atoms with Crippen LogP contribution in [0.2, 0.25) is 0 Å². The first-order valence-electron chi connectivity index (χ1n) is 8.59. The molecular weight excluding hydrogens is 350 g/mol. The molecule has 2 aromatic carbocycles. The Labute approximate surface area is 154 Å². The van der Waals surface area contributed by atoms with Gasteiger partial charge in [-0.3, -0.25) is 4.79 Å². The smallest absolute Gasteiger partial charge is 0.238 e. The zero-order valence-electron chi connectivity index (χ0n) is 14.9. The van der Waals surface area contributed by atoms with E-state index in [1.807, 2.05) is 24.3 Å². The van der Waals surface area contributed by atoms with Gasteiger partial charge in [0, 0.05) is 18.7 Å². The van der Waals surface area contributed by atoms with E-state index >= 15 is 0 Å². The standard InChI is InChI=1S/C19H25N3O3S/c1-2-15-3-7-17(8-4-15)22-19(23)12-14-21-13-11-16-5-9-18(10-6-16)26(20,24)25/h3-10,21H,2,11-14H2,1H3,(H,22,23)(H2,20,24,25). The van der Waals surface area contributed by atoms with Gasteiger partial charge in [0.1, 0.15) is 0 Å². The van der Waals surface area contributed by atoms with Gasteiger partial charge in [0.15, 0.2) is 0 Å². The van der Waals surface area contributed by atoms with Crippen LogP contribution in [0.15, 0.2) is 53.4 Å². The van der Waals surface area contributed by atoms with Crippen LogP contribution in [-0.4, -0.2) is 27.4 Å². The lowest BCUT2D eigenvalue weighted by Gasteiger charge is -2.08.